The van der Waals surface area contributed by atoms with Crippen LogP contribution in [0.25, 0.3) is 11.2 Å². The van der Waals surface area contributed by atoms with E-state index in [0.717, 1.165) is 31.6 Å². The second-order valence-corrected chi connectivity index (χ2v) is 7.54. The number of aryl methyl sites for hydroxylation is 1. The molecule has 29 heavy (non-hydrogen) atoms. The van der Waals surface area contributed by atoms with Crippen molar-refractivity contribution in [3.8, 4) is 0 Å². The van der Waals surface area contributed by atoms with E-state index >= 15 is 0 Å². The summed E-state index contributed by atoms with van der Waals surface area (Å²) in [5.74, 6) is 0.188. The first kappa shape index (κ1) is 19.5. The maximum Gasteiger partial charge on any atom is 0.409 e. The molecule has 2 aromatic heterocycles. The largest absolute Gasteiger partial charge is 0.450 e. The summed E-state index contributed by atoms with van der Waals surface area (Å²) in [5.41, 5.74) is 2.21. The summed E-state index contributed by atoms with van der Waals surface area (Å²) < 4.78 is 10.9. The van der Waals surface area contributed by atoms with Crippen molar-refractivity contribution < 1.29 is 18.7 Å². The van der Waals surface area contributed by atoms with Crippen molar-refractivity contribution in [1.82, 2.24) is 19.8 Å². The maximum absolute atomic E-state index is 12.9. The van der Waals surface area contributed by atoms with Crippen molar-refractivity contribution in [2.75, 3.05) is 50.8 Å². The monoisotopic (exact) mass is 401 g/mol. The Morgan fingerprint density at radius 2 is 1.76 bits per heavy atom. The highest BCUT2D eigenvalue weighted by molar-refractivity contribution is 5.79. The molecule has 2 amide bonds. The Morgan fingerprint density at radius 1 is 1.07 bits per heavy atom. The first-order valence-electron chi connectivity index (χ1n) is 10.2. The van der Waals surface area contributed by atoms with Crippen LogP contribution in [0.1, 0.15) is 25.5 Å². The number of piperidine rings is 1. The quantitative estimate of drug-likeness (QED) is 0.777. The van der Waals surface area contributed by atoms with E-state index in [4.69, 9.17) is 9.15 Å². The van der Waals surface area contributed by atoms with Gasteiger partial charge in [-0.25, -0.2) is 9.78 Å². The number of piperazine rings is 1. The van der Waals surface area contributed by atoms with E-state index in [9.17, 15) is 9.59 Å². The van der Waals surface area contributed by atoms with Crippen LogP contribution in [0, 0.1) is 12.8 Å². The molecule has 2 aliphatic heterocycles. The molecule has 0 saturated carbocycles. The van der Waals surface area contributed by atoms with Crippen LogP contribution in [-0.4, -0.2) is 77.6 Å². The van der Waals surface area contributed by atoms with E-state index in [1.165, 1.54) is 0 Å². The van der Waals surface area contributed by atoms with E-state index in [0.29, 0.717) is 50.0 Å². The molecule has 9 heteroatoms. The second-order valence-electron chi connectivity index (χ2n) is 7.54. The molecule has 4 rings (SSSR count). The van der Waals surface area contributed by atoms with Crippen LogP contribution < -0.4 is 4.90 Å². The Morgan fingerprint density at radius 3 is 2.45 bits per heavy atom. The van der Waals surface area contributed by atoms with Crippen LogP contribution in [0.5, 0.6) is 0 Å². The van der Waals surface area contributed by atoms with Gasteiger partial charge >= 0.3 is 6.09 Å². The SMILES string of the molecule is CCOC(=O)N1CCN(C(=O)C2CCN(c3nc4nc(C)ccc4o3)CC2)CC1. The smallest absolute Gasteiger partial charge is 0.409 e. The molecule has 9 nitrogen and oxygen atoms in total. The Balaban J connectivity index is 1.30. The van der Waals surface area contributed by atoms with Crippen molar-refractivity contribution in [2.24, 2.45) is 5.92 Å². The average molecular weight is 401 g/mol. The molecular formula is C20H27N5O4. The third-order valence-corrected chi connectivity index (χ3v) is 5.61. The minimum Gasteiger partial charge on any atom is -0.450 e. The van der Waals surface area contributed by atoms with Crippen LogP contribution in [0.2, 0.25) is 0 Å². The third-order valence-electron chi connectivity index (χ3n) is 5.61. The summed E-state index contributed by atoms with van der Waals surface area (Å²) in [6, 6.07) is 4.37. The van der Waals surface area contributed by atoms with Crippen LogP contribution in [0.3, 0.4) is 0 Å². The highest BCUT2D eigenvalue weighted by Gasteiger charge is 2.32. The predicted molar refractivity (Wildman–Crippen MR) is 107 cm³/mol. The number of pyridine rings is 1. The molecule has 0 radical (unpaired) electrons. The molecule has 0 aliphatic carbocycles. The van der Waals surface area contributed by atoms with Crippen molar-refractivity contribution >= 4 is 29.2 Å². The highest BCUT2D eigenvalue weighted by Crippen LogP contribution is 2.27. The number of nitrogens with zero attached hydrogens (tertiary/aromatic N) is 5. The molecule has 0 spiro atoms. The highest BCUT2D eigenvalue weighted by atomic mass is 16.6. The molecule has 2 aromatic rings. The Hall–Kier alpha value is -2.84. The molecule has 4 heterocycles. The number of carbonyl (C=O) groups excluding carboxylic acids is 2. The first-order valence-corrected chi connectivity index (χ1v) is 10.2. The number of hydrogen-bond donors (Lipinski definition) is 0. The molecule has 0 N–H and O–H groups in total. The van der Waals surface area contributed by atoms with Crippen molar-refractivity contribution in [3.63, 3.8) is 0 Å². The minimum absolute atomic E-state index is 0.00476. The van der Waals surface area contributed by atoms with Gasteiger partial charge in [-0.15, -0.1) is 0 Å². The van der Waals surface area contributed by atoms with Gasteiger partial charge in [-0.1, -0.05) is 0 Å². The second kappa shape index (κ2) is 8.26. The van der Waals surface area contributed by atoms with E-state index in [1.807, 2.05) is 24.0 Å². The maximum atomic E-state index is 12.9. The molecule has 2 aliphatic rings. The van der Waals surface area contributed by atoms with Gasteiger partial charge in [0.05, 0.1) is 6.61 Å². The molecule has 0 aromatic carbocycles. The van der Waals surface area contributed by atoms with E-state index in [2.05, 4.69) is 14.9 Å². The molecule has 0 bridgehead atoms. The lowest BCUT2D eigenvalue weighted by molar-refractivity contribution is -0.137. The lowest BCUT2D eigenvalue weighted by Crippen LogP contribution is -2.53. The number of ether oxygens (including phenoxy) is 1. The van der Waals surface area contributed by atoms with Crippen LogP contribution in [-0.2, 0) is 9.53 Å². The number of rotatable bonds is 3. The van der Waals surface area contributed by atoms with E-state index in [1.54, 1.807) is 11.8 Å². The van der Waals surface area contributed by atoms with Crippen LogP contribution in [0.15, 0.2) is 16.5 Å². The summed E-state index contributed by atoms with van der Waals surface area (Å²) in [6.45, 7) is 7.72. The summed E-state index contributed by atoms with van der Waals surface area (Å²) in [6.07, 6.45) is 1.24. The van der Waals surface area contributed by atoms with Crippen LogP contribution in [0.4, 0.5) is 10.8 Å². The number of hydrogen-bond acceptors (Lipinski definition) is 7. The summed E-state index contributed by atoms with van der Waals surface area (Å²) in [4.78, 5) is 39.2. The van der Waals surface area contributed by atoms with Gasteiger partial charge in [0.25, 0.3) is 6.01 Å². The molecule has 156 valence electrons. The van der Waals surface area contributed by atoms with Crippen LogP contribution >= 0.6 is 0 Å². The number of anilines is 1. The molecule has 0 atom stereocenters. The zero-order chi connectivity index (χ0) is 20.4. The Bertz CT molecular complexity index is 882. The van der Waals surface area contributed by atoms with Gasteiger partial charge in [-0.2, -0.15) is 4.98 Å². The fraction of sp³-hybridized carbons (Fsp3) is 0.600. The first-order chi connectivity index (χ1) is 14.0. The number of carbonyl (C=O) groups is 2. The summed E-state index contributed by atoms with van der Waals surface area (Å²) in [7, 11) is 0. The minimum atomic E-state index is -0.295. The van der Waals surface area contributed by atoms with Gasteiger partial charge in [0.15, 0.2) is 5.58 Å². The lowest BCUT2D eigenvalue weighted by atomic mass is 9.95. The Labute approximate surface area is 169 Å². The van der Waals surface area contributed by atoms with Crippen molar-refractivity contribution in [3.05, 3.63) is 17.8 Å². The molecular weight excluding hydrogens is 374 g/mol. The third kappa shape index (κ3) is 4.13. The topological polar surface area (TPSA) is 92.0 Å². The summed E-state index contributed by atoms with van der Waals surface area (Å²) in [5, 5.41) is 0. The van der Waals surface area contributed by atoms with Gasteiger partial charge in [0.2, 0.25) is 11.6 Å². The average Bonchev–Trinajstić information content (AvgIpc) is 3.17. The van der Waals surface area contributed by atoms with E-state index in [-0.39, 0.29) is 17.9 Å². The standard InChI is InChI=1S/C20H27N5O4/c1-3-28-20(27)25-12-10-23(11-13-25)18(26)15-6-8-24(9-7-15)19-22-17-16(29-19)5-4-14(2)21-17/h4-5,15H,3,6-13H2,1-2H3. The lowest BCUT2D eigenvalue weighted by Gasteiger charge is -2.37. The van der Waals surface area contributed by atoms with E-state index < -0.39 is 0 Å². The van der Waals surface area contributed by atoms with Gasteiger partial charge in [0.1, 0.15) is 0 Å². The number of aromatic nitrogens is 2. The molecule has 0 unspecified atom stereocenters. The zero-order valence-corrected chi connectivity index (χ0v) is 17.0. The summed E-state index contributed by atoms with van der Waals surface area (Å²) >= 11 is 0. The fourth-order valence-electron chi connectivity index (χ4n) is 3.94. The number of amides is 2. The van der Waals surface area contributed by atoms with Gasteiger partial charge < -0.3 is 23.9 Å². The zero-order valence-electron chi connectivity index (χ0n) is 17.0. The van der Waals surface area contributed by atoms with Gasteiger partial charge in [-0.05, 0) is 38.8 Å². The van der Waals surface area contributed by atoms with Gasteiger partial charge in [-0.3, -0.25) is 4.79 Å². The number of oxazole rings is 1. The van der Waals surface area contributed by atoms with Crippen molar-refractivity contribution in [1.29, 1.82) is 0 Å². The molecule has 2 fully saturated rings. The predicted octanol–water partition coefficient (Wildman–Crippen LogP) is 2.05. The number of fused-ring (bicyclic) bond motifs is 1. The fourth-order valence-corrected chi connectivity index (χ4v) is 3.94. The molecule has 2 saturated heterocycles. The normalized spacial score (nSPS) is 18.3. The van der Waals surface area contributed by atoms with Crippen molar-refractivity contribution in [2.45, 2.75) is 26.7 Å². The Kier molecular flexibility index (Phi) is 5.55. The van der Waals surface area contributed by atoms with Gasteiger partial charge in [0, 0.05) is 50.9 Å².